The Morgan fingerprint density at radius 3 is 2.29 bits per heavy atom. The van der Waals surface area contributed by atoms with Crippen LogP contribution in [0.25, 0.3) is 0 Å². The van der Waals surface area contributed by atoms with Gasteiger partial charge in [-0.3, -0.25) is 0 Å². The van der Waals surface area contributed by atoms with Crippen molar-refractivity contribution in [2.75, 3.05) is 7.05 Å². The molecule has 0 amide bonds. The number of hydrogen-bond donors (Lipinski definition) is 1. The zero-order valence-corrected chi connectivity index (χ0v) is 13.1. The summed E-state index contributed by atoms with van der Waals surface area (Å²) in [6, 6.07) is 8.22. The van der Waals surface area contributed by atoms with Crippen LogP contribution in [0.5, 0.6) is 0 Å². The van der Waals surface area contributed by atoms with Gasteiger partial charge in [0, 0.05) is 16.1 Å². The summed E-state index contributed by atoms with van der Waals surface area (Å²) in [7, 11) is 1.72. The molecule has 0 aliphatic rings. The molecule has 0 heterocycles. The quantitative estimate of drug-likeness (QED) is 0.843. The molecule has 2 rings (SSSR count). The molecule has 0 spiro atoms. The highest BCUT2D eigenvalue weighted by molar-refractivity contribution is 9.10. The third-order valence-corrected chi connectivity index (χ3v) is 3.78. The maximum Gasteiger partial charge on any atom is 0.129 e. The van der Waals surface area contributed by atoms with Crippen LogP contribution in [0.1, 0.15) is 11.1 Å². The van der Waals surface area contributed by atoms with Gasteiger partial charge >= 0.3 is 0 Å². The summed E-state index contributed by atoms with van der Waals surface area (Å²) in [4.78, 5) is 0. The third kappa shape index (κ3) is 4.32. The van der Waals surface area contributed by atoms with E-state index in [1.807, 2.05) is 0 Å². The van der Waals surface area contributed by atoms with Gasteiger partial charge in [-0.2, -0.15) is 0 Å². The first-order valence-corrected chi connectivity index (χ1v) is 7.34. The molecule has 2 aromatic rings. The second-order valence-corrected chi connectivity index (χ2v) is 5.79. The van der Waals surface area contributed by atoms with Crippen molar-refractivity contribution >= 4 is 15.9 Å². The van der Waals surface area contributed by atoms with E-state index in [2.05, 4.69) is 21.2 Å². The van der Waals surface area contributed by atoms with Crippen molar-refractivity contribution in [3.63, 3.8) is 0 Å². The lowest BCUT2D eigenvalue weighted by atomic mass is 9.98. The molecule has 2 aromatic carbocycles. The minimum absolute atomic E-state index is 0.0484. The van der Waals surface area contributed by atoms with Gasteiger partial charge in [0.15, 0.2) is 0 Å². The standard InChI is InChI=1S/C16H15BrF3N/c1-21-13(7-10-5-11(17)8-12(18)6-10)9-14-15(19)3-2-4-16(14)20/h2-6,8,13,21H,7,9H2,1H3. The molecule has 21 heavy (non-hydrogen) atoms. The second kappa shape index (κ2) is 7.09. The van der Waals surface area contributed by atoms with Crippen molar-refractivity contribution in [2.24, 2.45) is 0 Å². The van der Waals surface area contributed by atoms with Crippen LogP contribution in [-0.2, 0) is 12.8 Å². The maximum atomic E-state index is 13.7. The molecule has 1 N–H and O–H groups in total. The molecule has 0 saturated heterocycles. The van der Waals surface area contributed by atoms with Crippen LogP contribution in [-0.4, -0.2) is 13.1 Å². The average Bonchev–Trinajstić information content (AvgIpc) is 2.40. The Balaban J connectivity index is 2.17. The van der Waals surface area contributed by atoms with E-state index in [1.165, 1.54) is 30.3 Å². The molecule has 1 atom stereocenters. The van der Waals surface area contributed by atoms with E-state index in [1.54, 1.807) is 13.1 Å². The number of rotatable bonds is 5. The van der Waals surface area contributed by atoms with E-state index in [4.69, 9.17) is 0 Å². The Morgan fingerprint density at radius 2 is 1.71 bits per heavy atom. The van der Waals surface area contributed by atoms with E-state index in [-0.39, 0.29) is 23.8 Å². The van der Waals surface area contributed by atoms with Crippen LogP contribution >= 0.6 is 15.9 Å². The van der Waals surface area contributed by atoms with E-state index in [0.29, 0.717) is 10.9 Å². The zero-order valence-electron chi connectivity index (χ0n) is 11.5. The van der Waals surface area contributed by atoms with Crippen molar-refractivity contribution < 1.29 is 13.2 Å². The summed E-state index contributed by atoms with van der Waals surface area (Å²) >= 11 is 3.23. The average molecular weight is 358 g/mol. The lowest BCUT2D eigenvalue weighted by molar-refractivity contribution is 0.501. The summed E-state index contributed by atoms with van der Waals surface area (Å²) in [5.74, 6) is -1.46. The van der Waals surface area contributed by atoms with Gasteiger partial charge in [-0.05, 0) is 55.8 Å². The van der Waals surface area contributed by atoms with Crippen LogP contribution < -0.4 is 5.32 Å². The van der Waals surface area contributed by atoms with Crippen molar-refractivity contribution in [3.05, 3.63) is 69.4 Å². The highest BCUT2D eigenvalue weighted by atomic mass is 79.9. The summed E-state index contributed by atoms with van der Waals surface area (Å²) in [5, 5.41) is 3.02. The molecule has 0 fully saturated rings. The maximum absolute atomic E-state index is 13.7. The number of benzene rings is 2. The Morgan fingerprint density at radius 1 is 1.05 bits per heavy atom. The largest absolute Gasteiger partial charge is 0.316 e. The monoisotopic (exact) mass is 357 g/mol. The molecule has 0 aliphatic carbocycles. The predicted octanol–water partition coefficient (Wildman–Crippen LogP) is 4.24. The number of nitrogens with one attached hydrogen (secondary N) is 1. The molecule has 0 aromatic heterocycles. The molecule has 0 saturated carbocycles. The summed E-state index contributed by atoms with van der Waals surface area (Å²) in [6.07, 6.45) is 0.670. The van der Waals surface area contributed by atoms with Crippen LogP contribution in [0.15, 0.2) is 40.9 Å². The van der Waals surface area contributed by atoms with Gasteiger partial charge in [0.25, 0.3) is 0 Å². The normalized spacial score (nSPS) is 12.4. The number of hydrogen-bond acceptors (Lipinski definition) is 1. The number of halogens is 4. The third-order valence-electron chi connectivity index (χ3n) is 3.32. The highest BCUT2D eigenvalue weighted by Crippen LogP contribution is 2.19. The van der Waals surface area contributed by atoms with E-state index in [0.717, 1.165) is 5.56 Å². The molecule has 1 unspecified atom stereocenters. The van der Waals surface area contributed by atoms with Gasteiger partial charge in [-0.15, -0.1) is 0 Å². The Kier molecular flexibility index (Phi) is 5.42. The lowest BCUT2D eigenvalue weighted by Gasteiger charge is -2.17. The summed E-state index contributed by atoms with van der Waals surface area (Å²) in [6.45, 7) is 0. The van der Waals surface area contributed by atoms with Gasteiger partial charge in [0.1, 0.15) is 17.5 Å². The van der Waals surface area contributed by atoms with Crippen LogP contribution in [0.3, 0.4) is 0 Å². The fourth-order valence-corrected chi connectivity index (χ4v) is 2.78. The van der Waals surface area contributed by atoms with Crippen molar-refractivity contribution in [2.45, 2.75) is 18.9 Å². The molecule has 112 valence electrons. The van der Waals surface area contributed by atoms with Gasteiger partial charge in [-0.1, -0.05) is 22.0 Å². The predicted molar refractivity (Wildman–Crippen MR) is 80.7 cm³/mol. The Hall–Kier alpha value is -1.33. The van der Waals surface area contributed by atoms with Crippen molar-refractivity contribution in [1.82, 2.24) is 5.32 Å². The minimum atomic E-state index is -0.560. The molecule has 5 heteroatoms. The Labute approximate surface area is 130 Å². The lowest BCUT2D eigenvalue weighted by Crippen LogP contribution is -2.30. The molecule has 1 nitrogen and oxygen atoms in total. The zero-order chi connectivity index (χ0) is 15.4. The van der Waals surface area contributed by atoms with Crippen molar-refractivity contribution in [3.8, 4) is 0 Å². The van der Waals surface area contributed by atoms with Crippen molar-refractivity contribution in [1.29, 1.82) is 0 Å². The topological polar surface area (TPSA) is 12.0 Å². The SMILES string of the molecule is CNC(Cc1cc(F)cc(Br)c1)Cc1c(F)cccc1F. The fourth-order valence-electron chi connectivity index (χ4n) is 2.26. The molecule has 0 radical (unpaired) electrons. The van der Waals surface area contributed by atoms with E-state index < -0.39 is 11.6 Å². The fraction of sp³-hybridized carbons (Fsp3) is 0.250. The van der Waals surface area contributed by atoms with Gasteiger partial charge in [-0.25, -0.2) is 13.2 Å². The molecular weight excluding hydrogens is 343 g/mol. The first-order chi connectivity index (χ1) is 9.99. The molecule has 0 bridgehead atoms. The van der Waals surface area contributed by atoms with Crippen LogP contribution in [0, 0.1) is 17.5 Å². The summed E-state index contributed by atoms with van der Waals surface area (Å²) < 4.78 is 41.4. The second-order valence-electron chi connectivity index (χ2n) is 4.87. The number of likely N-dealkylation sites (N-methyl/N-ethyl adjacent to an activating group) is 1. The smallest absolute Gasteiger partial charge is 0.129 e. The van der Waals surface area contributed by atoms with Crippen LogP contribution in [0.2, 0.25) is 0 Å². The summed E-state index contributed by atoms with van der Waals surface area (Å²) in [5.41, 5.74) is 0.810. The van der Waals surface area contributed by atoms with Gasteiger partial charge < -0.3 is 5.32 Å². The highest BCUT2D eigenvalue weighted by Gasteiger charge is 2.15. The van der Waals surface area contributed by atoms with E-state index in [9.17, 15) is 13.2 Å². The minimum Gasteiger partial charge on any atom is -0.316 e. The molecule has 0 aliphatic heterocycles. The van der Waals surface area contributed by atoms with Crippen LogP contribution in [0.4, 0.5) is 13.2 Å². The Bertz CT molecular complexity index is 590. The van der Waals surface area contributed by atoms with E-state index >= 15 is 0 Å². The van der Waals surface area contributed by atoms with Gasteiger partial charge in [0.2, 0.25) is 0 Å². The molecular formula is C16H15BrF3N. The van der Waals surface area contributed by atoms with Gasteiger partial charge in [0.05, 0.1) is 0 Å². The first-order valence-electron chi connectivity index (χ1n) is 6.54. The first kappa shape index (κ1) is 16.0.